The molecule has 0 radical (unpaired) electrons. The minimum atomic E-state index is 0.0218. The van der Waals surface area contributed by atoms with Crippen molar-refractivity contribution in [1.82, 2.24) is 4.98 Å². The molecule has 0 bridgehead atoms. The molecule has 1 aliphatic heterocycles. The lowest BCUT2D eigenvalue weighted by molar-refractivity contribution is -0.116. The van der Waals surface area contributed by atoms with E-state index in [1.807, 2.05) is 12.1 Å². The predicted molar refractivity (Wildman–Crippen MR) is 71.7 cm³/mol. The molecule has 1 aromatic carbocycles. The van der Waals surface area contributed by atoms with Gasteiger partial charge in [-0.25, -0.2) is 4.98 Å². The first-order valence-corrected chi connectivity index (χ1v) is 6.37. The zero-order chi connectivity index (χ0) is 12.7. The Hall–Kier alpha value is -1.92. The molecule has 0 spiro atoms. The Morgan fingerprint density at radius 3 is 3.00 bits per heavy atom. The van der Waals surface area contributed by atoms with Gasteiger partial charge in [-0.3, -0.25) is 9.69 Å². The Labute approximate surface area is 108 Å². The van der Waals surface area contributed by atoms with Crippen LogP contribution < -0.4 is 16.4 Å². The van der Waals surface area contributed by atoms with Gasteiger partial charge in [-0.1, -0.05) is 11.3 Å². The molecule has 1 aromatic heterocycles. The van der Waals surface area contributed by atoms with Crippen molar-refractivity contribution in [3.63, 3.8) is 0 Å². The summed E-state index contributed by atoms with van der Waals surface area (Å²) in [5.41, 5.74) is 13.8. The van der Waals surface area contributed by atoms with Crippen LogP contribution in [-0.2, 0) is 17.8 Å². The predicted octanol–water partition coefficient (Wildman–Crippen LogP) is 1.40. The van der Waals surface area contributed by atoms with E-state index in [4.69, 9.17) is 11.5 Å². The van der Waals surface area contributed by atoms with Crippen molar-refractivity contribution in [1.29, 1.82) is 0 Å². The molecule has 1 amide bonds. The lowest BCUT2D eigenvalue weighted by atomic mass is 10.1. The third-order valence-corrected chi connectivity index (χ3v) is 3.87. The van der Waals surface area contributed by atoms with Crippen LogP contribution in [-0.4, -0.2) is 10.9 Å². The molecule has 2 aromatic rings. The Morgan fingerprint density at radius 2 is 2.28 bits per heavy atom. The van der Waals surface area contributed by atoms with Crippen LogP contribution in [0.25, 0.3) is 0 Å². The molecule has 4 N–H and O–H groups in total. The number of hydrogen-bond acceptors (Lipinski definition) is 5. The summed E-state index contributed by atoms with van der Waals surface area (Å²) >= 11 is 1.44. The molecule has 0 aliphatic carbocycles. The molecule has 2 heterocycles. The second-order valence-electron chi connectivity index (χ2n) is 4.11. The summed E-state index contributed by atoms with van der Waals surface area (Å²) in [6, 6.07) is 5.49. The zero-order valence-corrected chi connectivity index (χ0v) is 10.4. The van der Waals surface area contributed by atoms with Crippen LogP contribution in [0, 0.1) is 0 Å². The maximum atomic E-state index is 12.1. The Morgan fingerprint density at radius 1 is 1.44 bits per heavy atom. The molecule has 0 atom stereocenters. The largest absolute Gasteiger partial charge is 0.399 e. The summed E-state index contributed by atoms with van der Waals surface area (Å²) < 4.78 is 0. The SMILES string of the molecule is NCc1cnc(N2C(=O)Cc3cc(N)ccc32)s1. The first-order chi connectivity index (χ1) is 8.69. The number of nitrogens with two attached hydrogens (primary N) is 2. The normalized spacial score (nSPS) is 14.1. The number of thiazole rings is 1. The smallest absolute Gasteiger partial charge is 0.237 e. The number of aromatic nitrogens is 1. The summed E-state index contributed by atoms with van der Waals surface area (Å²) in [5.74, 6) is 0.0218. The monoisotopic (exact) mass is 260 g/mol. The number of rotatable bonds is 2. The Kier molecular flexibility index (Phi) is 2.53. The molecule has 1 aliphatic rings. The van der Waals surface area contributed by atoms with Crippen molar-refractivity contribution in [3.05, 3.63) is 34.8 Å². The third-order valence-electron chi connectivity index (χ3n) is 2.87. The van der Waals surface area contributed by atoms with Crippen LogP contribution in [0.2, 0.25) is 0 Å². The molecule has 0 saturated heterocycles. The van der Waals surface area contributed by atoms with Crippen LogP contribution in [0.15, 0.2) is 24.4 Å². The average Bonchev–Trinajstić information content (AvgIpc) is 2.91. The molecule has 0 unspecified atom stereocenters. The van der Waals surface area contributed by atoms with Crippen molar-refractivity contribution in [3.8, 4) is 0 Å². The number of carbonyl (C=O) groups excluding carboxylic acids is 1. The highest BCUT2D eigenvalue weighted by atomic mass is 32.1. The van der Waals surface area contributed by atoms with Gasteiger partial charge in [0.25, 0.3) is 0 Å². The molecule has 92 valence electrons. The lowest BCUT2D eigenvalue weighted by Crippen LogP contribution is -2.20. The van der Waals surface area contributed by atoms with E-state index in [9.17, 15) is 4.79 Å². The number of nitrogen functional groups attached to an aromatic ring is 1. The Bertz CT molecular complexity index is 622. The fourth-order valence-corrected chi connectivity index (χ4v) is 2.87. The second-order valence-corrected chi connectivity index (χ2v) is 5.20. The van der Waals surface area contributed by atoms with Crippen molar-refractivity contribution in [2.45, 2.75) is 13.0 Å². The fourth-order valence-electron chi connectivity index (χ4n) is 2.05. The van der Waals surface area contributed by atoms with Crippen LogP contribution in [0.4, 0.5) is 16.5 Å². The van der Waals surface area contributed by atoms with Gasteiger partial charge in [0.1, 0.15) is 0 Å². The maximum Gasteiger partial charge on any atom is 0.237 e. The molecule has 18 heavy (non-hydrogen) atoms. The van der Waals surface area contributed by atoms with Gasteiger partial charge in [-0.15, -0.1) is 0 Å². The van der Waals surface area contributed by atoms with Gasteiger partial charge in [0, 0.05) is 23.3 Å². The topological polar surface area (TPSA) is 85.2 Å². The molecular formula is C12H12N4OS. The third kappa shape index (κ3) is 1.66. The zero-order valence-electron chi connectivity index (χ0n) is 9.59. The Balaban J connectivity index is 2.06. The van der Waals surface area contributed by atoms with Crippen LogP contribution in [0.3, 0.4) is 0 Å². The van der Waals surface area contributed by atoms with Gasteiger partial charge in [0.05, 0.1) is 12.1 Å². The lowest BCUT2D eigenvalue weighted by Gasteiger charge is -2.13. The number of anilines is 3. The fraction of sp³-hybridized carbons (Fsp3) is 0.167. The van der Waals surface area contributed by atoms with Crippen molar-refractivity contribution in [2.24, 2.45) is 5.73 Å². The highest BCUT2D eigenvalue weighted by Gasteiger charge is 2.30. The van der Waals surface area contributed by atoms with E-state index in [2.05, 4.69) is 4.98 Å². The average molecular weight is 260 g/mol. The summed E-state index contributed by atoms with van der Waals surface area (Å²) in [6.45, 7) is 0.439. The number of carbonyl (C=O) groups is 1. The number of benzene rings is 1. The summed E-state index contributed by atoms with van der Waals surface area (Å²) in [6.07, 6.45) is 2.08. The first-order valence-electron chi connectivity index (χ1n) is 5.55. The van der Waals surface area contributed by atoms with Crippen LogP contribution in [0.5, 0.6) is 0 Å². The van der Waals surface area contributed by atoms with Gasteiger partial charge >= 0.3 is 0 Å². The maximum absolute atomic E-state index is 12.1. The van der Waals surface area contributed by atoms with Crippen molar-refractivity contribution in [2.75, 3.05) is 10.6 Å². The van der Waals surface area contributed by atoms with Crippen molar-refractivity contribution < 1.29 is 4.79 Å². The molecule has 0 fully saturated rings. The van der Waals surface area contributed by atoms with E-state index in [1.165, 1.54) is 11.3 Å². The van der Waals surface area contributed by atoms with Crippen LogP contribution in [0.1, 0.15) is 10.4 Å². The molecular weight excluding hydrogens is 248 g/mol. The molecule has 6 heteroatoms. The van der Waals surface area contributed by atoms with E-state index < -0.39 is 0 Å². The van der Waals surface area contributed by atoms with Gasteiger partial charge in [0.15, 0.2) is 5.13 Å². The van der Waals surface area contributed by atoms with E-state index >= 15 is 0 Å². The minimum Gasteiger partial charge on any atom is -0.399 e. The van der Waals surface area contributed by atoms with E-state index in [0.29, 0.717) is 23.8 Å². The number of amides is 1. The van der Waals surface area contributed by atoms with E-state index in [1.54, 1.807) is 17.2 Å². The quantitative estimate of drug-likeness (QED) is 0.799. The van der Waals surface area contributed by atoms with Crippen molar-refractivity contribution >= 4 is 33.8 Å². The van der Waals surface area contributed by atoms with Gasteiger partial charge in [0.2, 0.25) is 5.91 Å². The number of fused-ring (bicyclic) bond motifs is 1. The first kappa shape index (κ1) is 11.2. The molecule has 0 saturated carbocycles. The minimum absolute atomic E-state index is 0.0218. The highest BCUT2D eigenvalue weighted by Crippen LogP contribution is 2.38. The van der Waals surface area contributed by atoms with Crippen LogP contribution >= 0.6 is 11.3 Å². The summed E-state index contributed by atoms with van der Waals surface area (Å²) in [5, 5.41) is 0.670. The molecule has 3 rings (SSSR count). The number of nitrogens with zero attached hydrogens (tertiary/aromatic N) is 2. The summed E-state index contributed by atoms with van der Waals surface area (Å²) in [7, 11) is 0. The standard InChI is InChI=1S/C12H12N4OS/c13-5-9-6-15-12(18-9)16-10-2-1-8(14)3-7(10)4-11(16)17/h1-3,6H,4-5,13-14H2. The summed E-state index contributed by atoms with van der Waals surface area (Å²) in [4.78, 5) is 18.9. The van der Waals surface area contributed by atoms with Gasteiger partial charge in [-0.2, -0.15) is 0 Å². The highest BCUT2D eigenvalue weighted by molar-refractivity contribution is 7.15. The second kappa shape index (κ2) is 4.08. The van der Waals surface area contributed by atoms with Gasteiger partial charge in [-0.05, 0) is 23.8 Å². The van der Waals surface area contributed by atoms with E-state index in [-0.39, 0.29) is 5.91 Å². The molecule has 5 nitrogen and oxygen atoms in total. The van der Waals surface area contributed by atoms with E-state index in [0.717, 1.165) is 16.1 Å². The van der Waals surface area contributed by atoms with Gasteiger partial charge < -0.3 is 11.5 Å². The number of hydrogen-bond donors (Lipinski definition) is 2.